The maximum Gasteiger partial charge on any atom is 0.253 e. The van der Waals surface area contributed by atoms with Crippen LogP contribution in [0.1, 0.15) is 21.5 Å². The van der Waals surface area contributed by atoms with Gasteiger partial charge >= 0.3 is 0 Å². The number of nitrogens with zero attached hydrogens (tertiary/aromatic N) is 2. The van der Waals surface area contributed by atoms with Gasteiger partial charge in [0.1, 0.15) is 5.82 Å². The molecular weight excluding hydrogens is 506 g/mol. The van der Waals surface area contributed by atoms with Gasteiger partial charge in [0, 0.05) is 50.4 Å². The number of aliphatic imine (C=N–C) groups is 1. The van der Waals surface area contributed by atoms with Crippen molar-refractivity contribution >= 4 is 47.4 Å². The van der Waals surface area contributed by atoms with Crippen molar-refractivity contribution < 1.29 is 9.18 Å². The van der Waals surface area contributed by atoms with Crippen molar-refractivity contribution in [3.05, 3.63) is 70.0 Å². The molecule has 0 aliphatic rings. The lowest BCUT2D eigenvalue weighted by Crippen LogP contribution is -2.39. The van der Waals surface area contributed by atoms with Crippen molar-refractivity contribution in [2.24, 2.45) is 4.99 Å². The molecule has 1 amide bonds. The molecule has 2 N–H and O–H groups in total. The van der Waals surface area contributed by atoms with E-state index in [1.165, 1.54) is 6.07 Å². The number of rotatable bonds is 7. The zero-order valence-electron chi connectivity index (χ0n) is 16.8. The van der Waals surface area contributed by atoms with E-state index in [2.05, 4.69) is 15.6 Å². The molecule has 0 atom stereocenters. The molecule has 8 heteroatoms. The van der Waals surface area contributed by atoms with Crippen molar-refractivity contribution in [2.45, 2.75) is 12.8 Å². The molecule has 0 spiro atoms. The SMILES string of the molecule is CN=C(NCCc1cccc(C(=O)N(C)C)c1)NCCc1c(F)cccc1Cl.I. The molecule has 0 fully saturated rings. The summed E-state index contributed by atoms with van der Waals surface area (Å²) in [5.41, 5.74) is 2.23. The average Bonchev–Trinajstić information content (AvgIpc) is 2.68. The summed E-state index contributed by atoms with van der Waals surface area (Å²) in [6.07, 6.45) is 1.20. The van der Waals surface area contributed by atoms with E-state index in [0.29, 0.717) is 41.6 Å². The third-order valence-corrected chi connectivity index (χ3v) is 4.59. The van der Waals surface area contributed by atoms with Gasteiger partial charge in [-0.2, -0.15) is 0 Å². The Hall–Kier alpha value is -1.87. The number of amides is 1. The van der Waals surface area contributed by atoms with Crippen molar-refractivity contribution in [3.63, 3.8) is 0 Å². The molecule has 0 aliphatic carbocycles. The largest absolute Gasteiger partial charge is 0.356 e. The van der Waals surface area contributed by atoms with Gasteiger partial charge in [0.25, 0.3) is 5.91 Å². The zero-order valence-corrected chi connectivity index (χ0v) is 19.9. The molecule has 0 radical (unpaired) electrons. The van der Waals surface area contributed by atoms with Gasteiger partial charge in [0.15, 0.2) is 5.96 Å². The molecule has 2 rings (SSSR count). The summed E-state index contributed by atoms with van der Waals surface area (Å²) in [7, 11) is 5.16. The molecular formula is C21H27ClFIN4O. The number of nitrogens with one attached hydrogen (secondary N) is 2. The highest BCUT2D eigenvalue weighted by Gasteiger charge is 2.09. The Balaban J connectivity index is 0.00000420. The number of benzene rings is 2. The predicted molar refractivity (Wildman–Crippen MR) is 128 cm³/mol. The minimum Gasteiger partial charge on any atom is -0.356 e. The number of halogens is 3. The van der Waals surface area contributed by atoms with Crippen molar-refractivity contribution in [2.75, 3.05) is 34.2 Å². The van der Waals surface area contributed by atoms with E-state index in [1.807, 2.05) is 24.3 Å². The molecule has 0 unspecified atom stereocenters. The van der Waals surface area contributed by atoms with E-state index >= 15 is 0 Å². The molecule has 29 heavy (non-hydrogen) atoms. The number of carbonyl (C=O) groups excluding carboxylic acids is 1. The van der Waals surface area contributed by atoms with Gasteiger partial charge in [0.2, 0.25) is 0 Å². The average molecular weight is 533 g/mol. The van der Waals surface area contributed by atoms with Crippen LogP contribution >= 0.6 is 35.6 Å². The van der Waals surface area contributed by atoms with Gasteiger partial charge < -0.3 is 15.5 Å². The van der Waals surface area contributed by atoms with E-state index in [1.54, 1.807) is 38.2 Å². The van der Waals surface area contributed by atoms with Crippen LogP contribution in [0.2, 0.25) is 5.02 Å². The smallest absolute Gasteiger partial charge is 0.253 e. The Morgan fingerprint density at radius 3 is 2.38 bits per heavy atom. The highest BCUT2D eigenvalue weighted by Crippen LogP contribution is 2.18. The lowest BCUT2D eigenvalue weighted by Gasteiger charge is -2.13. The quantitative estimate of drug-likeness (QED) is 0.324. The summed E-state index contributed by atoms with van der Waals surface area (Å²) in [6, 6.07) is 12.3. The minimum absolute atomic E-state index is 0. The zero-order chi connectivity index (χ0) is 20.5. The van der Waals surface area contributed by atoms with E-state index in [4.69, 9.17) is 11.6 Å². The summed E-state index contributed by atoms with van der Waals surface area (Å²) in [5.74, 6) is 0.316. The molecule has 0 aromatic heterocycles. The number of guanidine groups is 1. The molecule has 0 saturated heterocycles. The highest BCUT2D eigenvalue weighted by molar-refractivity contribution is 14.0. The second-order valence-corrected chi connectivity index (χ2v) is 6.93. The Morgan fingerprint density at radius 1 is 1.10 bits per heavy atom. The fourth-order valence-electron chi connectivity index (χ4n) is 2.74. The monoisotopic (exact) mass is 532 g/mol. The van der Waals surface area contributed by atoms with Gasteiger partial charge in [-0.3, -0.25) is 9.79 Å². The second-order valence-electron chi connectivity index (χ2n) is 6.53. The summed E-state index contributed by atoms with van der Waals surface area (Å²) in [4.78, 5) is 17.8. The van der Waals surface area contributed by atoms with Gasteiger partial charge in [-0.1, -0.05) is 29.8 Å². The van der Waals surface area contributed by atoms with Gasteiger partial charge in [-0.25, -0.2) is 4.39 Å². The van der Waals surface area contributed by atoms with Crippen LogP contribution in [-0.2, 0) is 12.8 Å². The number of carbonyl (C=O) groups is 1. The molecule has 158 valence electrons. The molecule has 5 nitrogen and oxygen atoms in total. The standard InChI is InChI=1S/C21H26ClFN4O.HI/c1-24-21(26-13-11-17-18(22)8-5-9-19(17)23)25-12-10-15-6-4-7-16(14-15)20(28)27(2)3;/h4-9,14H,10-13H2,1-3H3,(H2,24,25,26);1H. The van der Waals surface area contributed by atoms with Crippen LogP contribution in [0, 0.1) is 5.82 Å². The maximum absolute atomic E-state index is 13.8. The fourth-order valence-corrected chi connectivity index (χ4v) is 3.00. The van der Waals surface area contributed by atoms with Crippen LogP contribution in [-0.4, -0.2) is 51.0 Å². The number of hydrogen-bond donors (Lipinski definition) is 2. The fraction of sp³-hybridized carbons (Fsp3) is 0.333. The minimum atomic E-state index is -0.301. The highest BCUT2D eigenvalue weighted by atomic mass is 127. The first-order valence-electron chi connectivity index (χ1n) is 9.10. The Kier molecular flexibility index (Phi) is 11.0. The summed E-state index contributed by atoms with van der Waals surface area (Å²) >= 11 is 6.04. The van der Waals surface area contributed by atoms with Crippen molar-refractivity contribution in [1.29, 1.82) is 0 Å². The Morgan fingerprint density at radius 2 is 1.76 bits per heavy atom. The molecule has 2 aromatic carbocycles. The summed E-state index contributed by atoms with van der Waals surface area (Å²) < 4.78 is 13.8. The maximum atomic E-state index is 13.8. The van der Waals surface area contributed by atoms with E-state index in [-0.39, 0.29) is 35.7 Å². The van der Waals surface area contributed by atoms with Crippen LogP contribution in [0.3, 0.4) is 0 Å². The lowest BCUT2D eigenvalue weighted by atomic mass is 10.1. The van der Waals surface area contributed by atoms with Crippen LogP contribution < -0.4 is 10.6 Å². The topological polar surface area (TPSA) is 56.7 Å². The third kappa shape index (κ3) is 7.81. The van der Waals surface area contributed by atoms with Gasteiger partial charge in [-0.15, -0.1) is 24.0 Å². The molecule has 0 heterocycles. The first-order chi connectivity index (χ1) is 13.4. The first-order valence-corrected chi connectivity index (χ1v) is 9.48. The van der Waals surface area contributed by atoms with E-state index in [9.17, 15) is 9.18 Å². The number of hydrogen-bond acceptors (Lipinski definition) is 2. The Bertz CT molecular complexity index is 825. The predicted octanol–water partition coefficient (Wildman–Crippen LogP) is 3.75. The van der Waals surface area contributed by atoms with Gasteiger partial charge in [0.05, 0.1) is 0 Å². The lowest BCUT2D eigenvalue weighted by molar-refractivity contribution is 0.0827. The molecule has 0 saturated carbocycles. The Labute approximate surface area is 193 Å². The van der Waals surface area contributed by atoms with E-state index < -0.39 is 0 Å². The molecule has 0 aliphatic heterocycles. The van der Waals surface area contributed by atoms with Crippen molar-refractivity contribution in [1.82, 2.24) is 15.5 Å². The van der Waals surface area contributed by atoms with Crippen molar-refractivity contribution in [3.8, 4) is 0 Å². The molecule has 2 aromatic rings. The van der Waals surface area contributed by atoms with E-state index in [0.717, 1.165) is 12.0 Å². The van der Waals surface area contributed by atoms with Crippen LogP contribution in [0.15, 0.2) is 47.5 Å². The summed E-state index contributed by atoms with van der Waals surface area (Å²) in [6.45, 7) is 1.16. The van der Waals surface area contributed by atoms with Crippen LogP contribution in [0.5, 0.6) is 0 Å². The first kappa shape index (κ1) is 25.2. The van der Waals surface area contributed by atoms with Crippen LogP contribution in [0.25, 0.3) is 0 Å². The van der Waals surface area contributed by atoms with Crippen LogP contribution in [0.4, 0.5) is 4.39 Å². The molecule has 0 bridgehead atoms. The second kappa shape index (κ2) is 12.6. The van der Waals surface area contributed by atoms with Gasteiger partial charge in [-0.05, 0) is 42.7 Å². The third-order valence-electron chi connectivity index (χ3n) is 4.24. The summed E-state index contributed by atoms with van der Waals surface area (Å²) in [5, 5.41) is 6.81. The normalized spacial score (nSPS) is 10.9.